The standard InChI is InChI=1S/C11H6N2O3/c12-5-7-1-3-8(4-2-7)10-13-6-9(16-10)11(14)15/h1-4,6H,(H,14,15). The quantitative estimate of drug-likeness (QED) is 0.824. The van der Waals surface area contributed by atoms with E-state index in [2.05, 4.69) is 4.98 Å². The molecule has 0 spiro atoms. The highest BCUT2D eigenvalue weighted by Gasteiger charge is 2.11. The molecule has 2 aromatic rings. The van der Waals surface area contributed by atoms with Crippen molar-refractivity contribution in [3.05, 3.63) is 41.8 Å². The van der Waals surface area contributed by atoms with Gasteiger partial charge in [0.2, 0.25) is 11.7 Å². The molecule has 0 saturated carbocycles. The third-order valence-electron chi connectivity index (χ3n) is 1.98. The predicted octanol–water partition coefficient (Wildman–Crippen LogP) is 1.91. The van der Waals surface area contributed by atoms with Crippen molar-refractivity contribution in [2.75, 3.05) is 0 Å². The highest BCUT2D eigenvalue weighted by Crippen LogP contribution is 2.19. The number of nitriles is 1. The van der Waals surface area contributed by atoms with E-state index in [-0.39, 0.29) is 11.7 Å². The number of carboxylic acid groups (broad SMARTS) is 1. The SMILES string of the molecule is N#Cc1ccc(-c2ncc(C(=O)O)o2)cc1. The van der Waals surface area contributed by atoms with Crippen LogP contribution in [0.15, 0.2) is 34.9 Å². The molecule has 0 saturated heterocycles. The monoisotopic (exact) mass is 214 g/mol. The van der Waals surface area contributed by atoms with E-state index in [0.717, 1.165) is 6.20 Å². The number of oxazole rings is 1. The number of carboxylic acids is 1. The van der Waals surface area contributed by atoms with Crippen LogP contribution in [0.2, 0.25) is 0 Å². The summed E-state index contributed by atoms with van der Waals surface area (Å²) in [5, 5.41) is 17.3. The van der Waals surface area contributed by atoms with Gasteiger partial charge in [-0.3, -0.25) is 0 Å². The van der Waals surface area contributed by atoms with Crippen LogP contribution < -0.4 is 0 Å². The zero-order valence-electron chi connectivity index (χ0n) is 8.04. The Morgan fingerprint density at radius 2 is 2.06 bits per heavy atom. The van der Waals surface area contributed by atoms with Crippen molar-refractivity contribution in [1.29, 1.82) is 5.26 Å². The molecule has 78 valence electrons. The zero-order chi connectivity index (χ0) is 11.5. The molecule has 0 aliphatic carbocycles. The Balaban J connectivity index is 2.36. The van der Waals surface area contributed by atoms with Crippen molar-refractivity contribution < 1.29 is 14.3 Å². The summed E-state index contributed by atoms with van der Waals surface area (Å²) < 4.78 is 5.01. The Morgan fingerprint density at radius 3 is 2.56 bits per heavy atom. The molecule has 5 nitrogen and oxygen atoms in total. The molecule has 5 heteroatoms. The minimum atomic E-state index is -1.16. The van der Waals surface area contributed by atoms with Gasteiger partial charge in [-0.05, 0) is 24.3 Å². The third kappa shape index (κ3) is 1.77. The van der Waals surface area contributed by atoms with E-state index in [0.29, 0.717) is 11.1 Å². The molecule has 0 radical (unpaired) electrons. The van der Waals surface area contributed by atoms with Crippen LogP contribution >= 0.6 is 0 Å². The molecule has 1 heterocycles. The number of hydrogen-bond acceptors (Lipinski definition) is 4. The van der Waals surface area contributed by atoms with Gasteiger partial charge < -0.3 is 9.52 Å². The van der Waals surface area contributed by atoms with Crippen LogP contribution in [-0.4, -0.2) is 16.1 Å². The lowest BCUT2D eigenvalue weighted by Crippen LogP contribution is -1.91. The van der Waals surface area contributed by atoms with Gasteiger partial charge in [0.1, 0.15) is 0 Å². The average molecular weight is 214 g/mol. The number of rotatable bonds is 2. The molecule has 1 aromatic heterocycles. The molecule has 0 unspecified atom stereocenters. The number of nitrogens with zero attached hydrogens (tertiary/aromatic N) is 2. The fourth-order valence-electron chi connectivity index (χ4n) is 1.19. The van der Waals surface area contributed by atoms with Crippen molar-refractivity contribution in [3.8, 4) is 17.5 Å². The average Bonchev–Trinajstić information content (AvgIpc) is 2.78. The van der Waals surface area contributed by atoms with Gasteiger partial charge in [-0.2, -0.15) is 5.26 Å². The summed E-state index contributed by atoms with van der Waals surface area (Å²) in [4.78, 5) is 14.4. The van der Waals surface area contributed by atoms with E-state index in [1.807, 2.05) is 6.07 Å². The van der Waals surface area contributed by atoms with Crippen molar-refractivity contribution >= 4 is 5.97 Å². The molecule has 0 atom stereocenters. The minimum absolute atomic E-state index is 0.209. The van der Waals surface area contributed by atoms with E-state index in [1.54, 1.807) is 24.3 Å². The minimum Gasteiger partial charge on any atom is -0.475 e. The zero-order valence-corrected chi connectivity index (χ0v) is 8.04. The van der Waals surface area contributed by atoms with Crippen molar-refractivity contribution in [3.63, 3.8) is 0 Å². The van der Waals surface area contributed by atoms with Gasteiger partial charge in [0.05, 0.1) is 17.8 Å². The second kappa shape index (κ2) is 3.87. The normalized spacial score (nSPS) is 9.69. The Labute approximate surface area is 90.6 Å². The molecular formula is C11H6N2O3. The van der Waals surface area contributed by atoms with E-state index in [4.69, 9.17) is 14.8 Å². The summed E-state index contributed by atoms with van der Waals surface area (Å²) in [7, 11) is 0. The van der Waals surface area contributed by atoms with Crippen molar-refractivity contribution in [2.24, 2.45) is 0 Å². The molecule has 0 bridgehead atoms. The smallest absolute Gasteiger partial charge is 0.373 e. The van der Waals surface area contributed by atoms with E-state index in [1.165, 1.54) is 0 Å². The number of aromatic carboxylic acids is 1. The number of carbonyl (C=O) groups is 1. The van der Waals surface area contributed by atoms with Gasteiger partial charge in [-0.1, -0.05) is 0 Å². The molecule has 0 fully saturated rings. The summed E-state index contributed by atoms with van der Waals surface area (Å²) >= 11 is 0. The molecule has 1 aromatic carbocycles. The lowest BCUT2D eigenvalue weighted by Gasteiger charge is -1.94. The molecule has 0 aliphatic heterocycles. The first kappa shape index (κ1) is 9.93. The first-order chi connectivity index (χ1) is 7.70. The van der Waals surface area contributed by atoms with Crippen molar-refractivity contribution in [2.45, 2.75) is 0 Å². The first-order valence-electron chi connectivity index (χ1n) is 4.40. The molecule has 16 heavy (non-hydrogen) atoms. The largest absolute Gasteiger partial charge is 0.475 e. The van der Waals surface area contributed by atoms with Gasteiger partial charge >= 0.3 is 5.97 Å². The summed E-state index contributed by atoms with van der Waals surface area (Å²) in [5.41, 5.74) is 1.15. The fraction of sp³-hybridized carbons (Fsp3) is 0. The summed E-state index contributed by atoms with van der Waals surface area (Å²) in [6.07, 6.45) is 1.15. The van der Waals surface area contributed by atoms with E-state index >= 15 is 0 Å². The van der Waals surface area contributed by atoms with Gasteiger partial charge in [-0.15, -0.1) is 0 Å². The van der Waals surface area contributed by atoms with Gasteiger partial charge in [0.25, 0.3) is 0 Å². The number of benzene rings is 1. The molecule has 0 amide bonds. The molecule has 0 aliphatic rings. The topological polar surface area (TPSA) is 87.1 Å². The van der Waals surface area contributed by atoms with Crippen LogP contribution in [0.5, 0.6) is 0 Å². The highest BCUT2D eigenvalue weighted by atomic mass is 16.4. The van der Waals surface area contributed by atoms with E-state index < -0.39 is 5.97 Å². The van der Waals surface area contributed by atoms with Gasteiger partial charge in [0.15, 0.2) is 0 Å². The maximum absolute atomic E-state index is 10.6. The van der Waals surface area contributed by atoms with Crippen LogP contribution in [0, 0.1) is 11.3 Å². The van der Waals surface area contributed by atoms with Crippen LogP contribution in [-0.2, 0) is 0 Å². The molecule has 1 N–H and O–H groups in total. The second-order valence-electron chi connectivity index (χ2n) is 3.02. The van der Waals surface area contributed by atoms with Gasteiger partial charge in [-0.25, -0.2) is 9.78 Å². The Hall–Kier alpha value is -2.61. The summed E-state index contributed by atoms with van der Waals surface area (Å²) in [6.45, 7) is 0. The third-order valence-corrected chi connectivity index (χ3v) is 1.98. The number of hydrogen-bond donors (Lipinski definition) is 1. The molecule has 2 rings (SSSR count). The molecular weight excluding hydrogens is 208 g/mol. The van der Waals surface area contributed by atoms with Crippen molar-refractivity contribution in [1.82, 2.24) is 4.98 Å². The lowest BCUT2D eigenvalue weighted by atomic mass is 10.1. The van der Waals surface area contributed by atoms with Crippen LogP contribution in [0.3, 0.4) is 0 Å². The lowest BCUT2D eigenvalue weighted by molar-refractivity contribution is 0.0663. The maximum atomic E-state index is 10.6. The van der Waals surface area contributed by atoms with Gasteiger partial charge in [0, 0.05) is 5.56 Å². The Bertz CT molecular complexity index is 564. The first-order valence-corrected chi connectivity index (χ1v) is 4.40. The second-order valence-corrected chi connectivity index (χ2v) is 3.02. The maximum Gasteiger partial charge on any atom is 0.373 e. The van der Waals surface area contributed by atoms with Crippen LogP contribution in [0.25, 0.3) is 11.5 Å². The van der Waals surface area contributed by atoms with E-state index in [9.17, 15) is 4.79 Å². The Morgan fingerprint density at radius 1 is 1.38 bits per heavy atom. The fourth-order valence-corrected chi connectivity index (χ4v) is 1.19. The van der Waals surface area contributed by atoms with Crippen LogP contribution in [0.1, 0.15) is 16.1 Å². The highest BCUT2D eigenvalue weighted by molar-refractivity contribution is 5.84. The summed E-state index contributed by atoms with van der Waals surface area (Å²) in [6, 6.07) is 8.50. The van der Waals surface area contributed by atoms with Crippen LogP contribution in [0.4, 0.5) is 0 Å². The Kier molecular flexibility index (Phi) is 2.40. The summed E-state index contributed by atoms with van der Waals surface area (Å²) in [5.74, 6) is -1.14. The predicted molar refractivity (Wildman–Crippen MR) is 53.6 cm³/mol. The number of aromatic nitrogens is 1.